The number of rotatable bonds is 5. The van der Waals surface area contributed by atoms with Gasteiger partial charge in [0.15, 0.2) is 0 Å². The van der Waals surface area contributed by atoms with Gasteiger partial charge in [-0.2, -0.15) is 0 Å². The second kappa shape index (κ2) is 6.10. The lowest BCUT2D eigenvalue weighted by atomic mass is 10.1. The summed E-state index contributed by atoms with van der Waals surface area (Å²) in [6.07, 6.45) is 0. The summed E-state index contributed by atoms with van der Waals surface area (Å²) in [6, 6.07) is 14.7. The molecule has 0 aliphatic rings. The number of methoxy groups -OCH3 is 1. The third kappa shape index (κ3) is 3.09. The Hall–Kier alpha value is -2.49. The molecule has 104 valence electrons. The first-order chi connectivity index (χ1) is 9.61. The fraction of sp³-hybridized carbons (Fsp3) is 0.188. The number of aromatic carboxylic acids is 1. The third-order valence-electron chi connectivity index (χ3n) is 3.13. The molecule has 0 atom stereocenters. The molecule has 1 N–H and O–H groups in total. The highest BCUT2D eigenvalue weighted by molar-refractivity contribution is 5.88. The number of benzene rings is 2. The molecule has 0 heterocycles. The fourth-order valence-corrected chi connectivity index (χ4v) is 2.06. The third-order valence-corrected chi connectivity index (χ3v) is 3.13. The lowest BCUT2D eigenvalue weighted by molar-refractivity contribution is 0.0697. The zero-order valence-electron chi connectivity index (χ0n) is 11.5. The molecule has 2 aromatic rings. The molecule has 0 fully saturated rings. The van der Waals surface area contributed by atoms with Gasteiger partial charge in [-0.15, -0.1) is 0 Å². The smallest absolute Gasteiger partial charge is 0.335 e. The number of hydrogen-bond donors (Lipinski definition) is 1. The molecular weight excluding hydrogens is 254 g/mol. The standard InChI is InChI=1S/C16H17NO3/c1-17(11-13-6-3-4-9-15(13)20-2)14-8-5-7-12(10-14)16(18)19/h3-10H,11H2,1-2H3,(H,18,19). The number of nitrogens with zero attached hydrogens (tertiary/aromatic N) is 1. The summed E-state index contributed by atoms with van der Waals surface area (Å²) in [6.45, 7) is 0.646. The van der Waals surface area contributed by atoms with Crippen molar-refractivity contribution >= 4 is 11.7 Å². The number of carboxylic acid groups (broad SMARTS) is 1. The molecule has 2 rings (SSSR count). The molecule has 0 spiro atoms. The van der Waals surface area contributed by atoms with Gasteiger partial charge in [-0.3, -0.25) is 0 Å². The van der Waals surface area contributed by atoms with Crippen LogP contribution < -0.4 is 9.64 Å². The molecule has 0 saturated heterocycles. The number of ether oxygens (including phenoxy) is 1. The molecule has 4 heteroatoms. The predicted octanol–water partition coefficient (Wildman–Crippen LogP) is 3.03. The average Bonchev–Trinajstić information content (AvgIpc) is 2.48. The Bertz CT molecular complexity index is 610. The van der Waals surface area contributed by atoms with E-state index in [0.29, 0.717) is 6.54 Å². The van der Waals surface area contributed by atoms with Gasteiger partial charge in [-0.1, -0.05) is 24.3 Å². The first kappa shape index (κ1) is 13.9. The monoisotopic (exact) mass is 271 g/mol. The van der Waals surface area contributed by atoms with Crippen molar-refractivity contribution in [1.82, 2.24) is 0 Å². The second-order valence-corrected chi connectivity index (χ2v) is 4.52. The van der Waals surface area contributed by atoms with Crippen LogP contribution in [-0.2, 0) is 6.54 Å². The Balaban J connectivity index is 2.21. The number of para-hydroxylation sites is 1. The normalized spacial score (nSPS) is 10.1. The molecule has 0 bridgehead atoms. The highest BCUT2D eigenvalue weighted by atomic mass is 16.5. The summed E-state index contributed by atoms with van der Waals surface area (Å²) in [4.78, 5) is 13.0. The highest BCUT2D eigenvalue weighted by Crippen LogP contribution is 2.22. The Kier molecular flexibility index (Phi) is 4.25. The van der Waals surface area contributed by atoms with Gasteiger partial charge in [-0.25, -0.2) is 4.79 Å². The topological polar surface area (TPSA) is 49.8 Å². The highest BCUT2D eigenvalue weighted by Gasteiger charge is 2.09. The van der Waals surface area contributed by atoms with Gasteiger partial charge in [0.1, 0.15) is 5.75 Å². The van der Waals surface area contributed by atoms with Crippen molar-refractivity contribution in [3.63, 3.8) is 0 Å². The maximum absolute atomic E-state index is 11.0. The van der Waals surface area contributed by atoms with Crippen LogP contribution in [0.2, 0.25) is 0 Å². The van der Waals surface area contributed by atoms with Gasteiger partial charge < -0.3 is 14.7 Å². The van der Waals surface area contributed by atoms with E-state index in [2.05, 4.69) is 0 Å². The lowest BCUT2D eigenvalue weighted by Crippen LogP contribution is -2.17. The summed E-state index contributed by atoms with van der Waals surface area (Å²) in [5.41, 5.74) is 2.20. The van der Waals surface area contributed by atoms with Crippen LogP contribution in [0.25, 0.3) is 0 Å². The first-order valence-corrected chi connectivity index (χ1v) is 6.28. The van der Waals surface area contributed by atoms with Gasteiger partial charge in [0.2, 0.25) is 0 Å². The molecule has 0 amide bonds. The average molecular weight is 271 g/mol. The van der Waals surface area contributed by atoms with Crippen LogP contribution in [0.1, 0.15) is 15.9 Å². The van der Waals surface area contributed by atoms with Crippen molar-refractivity contribution in [2.45, 2.75) is 6.54 Å². The molecule has 0 aromatic heterocycles. The first-order valence-electron chi connectivity index (χ1n) is 6.28. The molecule has 0 aliphatic carbocycles. The molecule has 0 unspecified atom stereocenters. The summed E-state index contributed by atoms with van der Waals surface area (Å²) >= 11 is 0. The number of carboxylic acids is 1. The van der Waals surface area contributed by atoms with E-state index in [4.69, 9.17) is 9.84 Å². The van der Waals surface area contributed by atoms with E-state index in [9.17, 15) is 4.79 Å². The van der Waals surface area contributed by atoms with Crippen LogP contribution in [0.4, 0.5) is 5.69 Å². The molecule has 20 heavy (non-hydrogen) atoms. The molecular formula is C16H17NO3. The van der Waals surface area contributed by atoms with E-state index in [1.54, 1.807) is 25.3 Å². The van der Waals surface area contributed by atoms with Crippen LogP contribution in [-0.4, -0.2) is 25.2 Å². The molecule has 2 aromatic carbocycles. The van der Waals surface area contributed by atoms with E-state index < -0.39 is 5.97 Å². The van der Waals surface area contributed by atoms with Crippen molar-refractivity contribution in [2.24, 2.45) is 0 Å². The minimum Gasteiger partial charge on any atom is -0.496 e. The Morgan fingerprint density at radius 3 is 2.65 bits per heavy atom. The van der Waals surface area contributed by atoms with E-state index in [0.717, 1.165) is 17.0 Å². The molecule has 4 nitrogen and oxygen atoms in total. The lowest BCUT2D eigenvalue weighted by Gasteiger charge is -2.21. The van der Waals surface area contributed by atoms with E-state index in [1.807, 2.05) is 42.3 Å². The van der Waals surface area contributed by atoms with Gasteiger partial charge >= 0.3 is 5.97 Å². The van der Waals surface area contributed by atoms with Gasteiger partial charge in [-0.05, 0) is 24.3 Å². The van der Waals surface area contributed by atoms with Gasteiger partial charge in [0.05, 0.1) is 12.7 Å². The summed E-state index contributed by atoms with van der Waals surface area (Å²) in [7, 11) is 3.57. The Morgan fingerprint density at radius 2 is 1.95 bits per heavy atom. The fourth-order valence-electron chi connectivity index (χ4n) is 2.06. The summed E-state index contributed by atoms with van der Waals surface area (Å²) < 4.78 is 5.32. The maximum atomic E-state index is 11.0. The zero-order valence-corrected chi connectivity index (χ0v) is 11.5. The van der Waals surface area contributed by atoms with Crippen molar-refractivity contribution in [3.05, 3.63) is 59.7 Å². The van der Waals surface area contributed by atoms with Gasteiger partial charge in [0, 0.05) is 24.8 Å². The van der Waals surface area contributed by atoms with Crippen molar-refractivity contribution in [2.75, 3.05) is 19.1 Å². The molecule has 0 saturated carbocycles. The Morgan fingerprint density at radius 1 is 1.20 bits per heavy atom. The second-order valence-electron chi connectivity index (χ2n) is 4.52. The summed E-state index contributed by atoms with van der Waals surface area (Å²) in [5.74, 6) is -0.0914. The van der Waals surface area contributed by atoms with E-state index in [1.165, 1.54) is 0 Å². The number of carbonyl (C=O) groups is 1. The minimum absolute atomic E-state index is 0.286. The van der Waals surface area contributed by atoms with Crippen molar-refractivity contribution < 1.29 is 14.6 Å². The SMILES string of the molecule is COc1ccccc1CN(C)c1cccc(C(=O)O)c1. The Labute approximate surface area is 118 Å². The van der Waals surface area contributed by atoms with E-state index >= 15 is 0 Å². The van der Waals surface area contributed by atoms with Crippen LogP contribution >= 0.6 is 0 Å². The molecule has 0 aliphatic heterocycles. The number of anilines is 1. The number of hydrogen-bond acceptors (Lipinski definition) is 3. The predicted molar refractivity (Wildman–Crippen MR) is 78.5 cm³/mol. The van der Waals surface area contributed by atoms with Gasteiger partial charge in [0.25, 0.3) is 0 Å². The van der Waals surface area contributed by atoms with Crippen molar-refractivity contribution in [3.8, 4) is 5.75 Å². The zero-order chi connectivity index (χ0) is 14.5. The van der Waals surface area contributed by atoms with Crippen LogP contribution in [0, 0.1) is 0 Å². The minimum atomic E-state index is -0.919. The largest absolute Gasteiger partial charge is 0.496 e. The maximum Gasteiger partial charge on any atom is 0.335 e. The van der Waals surface area contributed by atoms with Crippen molar-refractivity contribution in [1.29, 1.82) is 0 Å². The molecule has 0 radical (unpaired) electrons. The van der Waals surface area contributed by atoms with Crippen LogP contribution in [0.5, 0.6) is 5.75 Å². The summed E-state index contributed by atoms with van der Waals surface area (Å²) in [5, 5.41) is 9.02. The van der Waals surface area contributed by atoms with Crippen LogP contribution in [0.3, 0.4) is 0 Å². The van der Waals surface area contributed by atoms with Crippen LogP contribution in [0.15, 0.2) is 48.5 Å². The quantitative estimate of drug-likeness (QED) is 0.908. The van der Waals surface area contributed by atoms with E-state index in [-0.39, 0.29) is 5.56 Å².